The van der Waals surface area contributed by atoms with Gasteiger partial charge in [-0.1, -0.05) is 35.9 Å². The molecule has 1 amide bonds. The van der Waals surface area contributed by atoms with Crippen LogP contribution in [0.4, 0.5) is 10.1 Å². The van der Waals surface area contributed by atoms with Crippen LogP contribution in [0.25, 0.3) is 0 Å². The molecule has 0 fully saturated rings. The zero-order valence-electron chi connectivity index (χ0n) is 13.1. The van der Waals surface area contributed by atoms with Crippen LogP contribution < -0.4 is 10.9 Å². The van der Waals surface area contributed by atoms with E-state index in [0.717, 1.165) is 0 Å². The number of benzene rings is 2. The molecule has 1 N–H and O–H groups in total. The fourth-order valence-electron chi connectivity index (χ4n) is 2.41. The van der Waals surface area contributed by atoms with Crippen molar-refractivity contribution in [3.05, 3.63) is 99.2 Å². The predicted octanol–water partition coefficient (Wildman–Crippen LogP) is 3.94. The van der Waals surface area contributed by atoms with E-state index in [1.807, 2.05) is 6.07 Å². The van der Waals surface area contributed by atoms with Gasteiger partial charge < -0.3 is 9.88 Å². The summed E-state index contributed by atoms with van der Waals surface area (Å²) in [6.45, 7) is -0.0587. The largest absolute Gasteiger partial charge is 0.322 e. The highest BCUT2D eigenvalue weighted by Gasteiger charge is 2.14. The molecule has 0 radical (unpaired) electrons. The number of para-hydroxylation sites is 1. The van der Waals surface area contributed by atoms with E-state index in [9.17, 15) is 14.0 Å². The van der Waals surface area contributed by atoms with Crippen LogP contribution in [0, 0.1) is 5.82 Å². The minimum atomic E-state index is -0.523. The van der Waals surface area contributed by atoms with E-state index in [0.29, 0.717) is 5.69 Å². The van der Waals surface area contributed by atoms with Gasteiger partial charge >= 0.3 is 0 Å². The molecule has 0 aliphatic heterocycles. The SMILES string of the molecule is O=C(Nc1ccccc1)c1cccn(Cc2c(F)cccc2Cl)c1=O. The van der Waals surface area contributed by atoms with Crippen molar-refractivity contribution in [1.29, 1.82) is 0 Å². The number of amides is 1. The average molecular weight is 357 g/mol. The van der Waals surface area contributed by atoms with E-state index in [1.54, 1.807) is 36.4 Å². The summed E-state index contributed by atoms with van der Waals surface area (Å²) in [5.41, 5.74) is 0.236. The maximum atomic E-state index is 13.9. The molecule has 1 heterocycles. The van der Waals surface area contributed by atoms with E-state index >= 15 is 0 Å². The molecule has 0 saturated heterocycles. The Hall–Kier alpha value is -2.92. The lowest BCUT2D eigenvalue weighted by atomic mass is 10.2. The molecule has 4 nitrogen and oxygen atoms in total. The van der Waals surface area contributed by atoms with Gasteiger partial charge in [-0.2, -0.15) is 0 Å². The fourth-order valence-corrected chi connectivity index (χ4v) is 2.63. The number of aromatic nitrogens is 1. The molecule has 0 aliphatic rings. The average Bonchev–Trinajstić information content (AvgIpc) is 2.60. The highest BCUT2D eigenvalue weighted by Crippen LogP contribution is 2.19. The van der Waals surface area contributed by atoms with E-state index in [-0.39, 0.29) is 22.7 Å². The van der Waals surface area contributed by atoms with E-state index in [2.05, 4.69) is 5.32 Å². The molecule has 0 saturated carbocycles. The van der Waals surface area contributed by atoms with Crippen LogP contribution in [0.1, 0.15) is 15.9 Å². The third-order valence-corrected chi connectivity index (χ3v) is 4.04. The second-order valence-corrected chi connectivity index (χ2v) is 5.78. The summed E-state index contributed by atoms with van der Waals surface area (Å²) in [7, 11) is 0. The van der Waals surface area contributed by atoms with Crippen molar-refractivity contribution in [2.24, 2.45) is 0 Å². The molecule has 3 aromatic rings. The second kappa shape index (κ2) is 7.32. The zero-order valence-corrected chi connectivity index (χ0v) is 13.8. The van der Waals surface area contributed by atoms with Crippen molar-refractivity contribution < 1.29 is 9.18 Å². The second-order valence-electron chi connectivity index (χ2n) is 5.38. The highest BCUT2D eigenvalue weighted by molar-refractivity contribution is 6.31. The topological polar surface area (TPSA) is 51.1 Å². The molecule has 2 aromatic carbocycles. The molecular weight excluding hydrogens is 343 g/mol. The number of hydrogen-bond donors (Lipinski definition) is 1. The minimum absolute atomic E-state index is 0.0289. The first kappa shape index (κ1) is 16.9. The van der Waals surface area contributed by atoms with E-state index < -0.39 is 17.3 Å². The Morgan fingerprint density at radius 2 is 1.80 bits per heavy atom. The lowest BCUT2D eigenvalue weighted by Crippen LogP contribution is -2.29. The molecule has 0 unspecified atom stereocenters. The summed E-state index contributed by atoms with van der Waals surface area (Å²) >= 11 is 6.01. The number of hydrogen-bond acceptors (Lipinski definition) is 2. The van der Waals surface area contributed by atoms with Gasteiger partial charge in [-0.05, 0) is 36.4 Å². The van der Waals surface area contributed by atoms with Crippen LogP contribution in [0.5, 0.6) is 0 Å². The molecule has 0 bridgehead atoms. The number of anilines is 1. The number of carbonyl (C=O) groups excluding carboxylic acids is 1. The molecule has 3 rings (SSSR count). The zero-order chi connectivity index (χ0) is 17.8. The van der Waals surface area contributed by atoms with Gasteiger partial charge in [0.25, 0.3) is 11.5 Å². The van der Waals surface area contributed by atoms with Gasteiger partial charge in [0.1, 0.15) is 11.4 Å². The van der Waals surface area contributed by atoms with Gasteiger partial charge in [0.05, 0.1) is 6.54 Å². The number of nitrogens with one attached hydrogen (secondary N) is 1. The number of nitrogens with zero attached hydrogens (tertiary/aromatic N) is 1. The summed E-state index contributed by atoms with van der Waals surface area (Å²) < 4.78 is 15.2. The van der Waals surface area contributed by atoms with Crippen LogP contribution in [0.15, 0.2) is 71.7 Å². The molecule has 0 atom stereocenters. The number of rotatable bonds is 4. The summed E-state index contributed by atoms with van der Waals surface area (Å²) in [5.74, 6) is -1.02. The molecule has 0 aliphatic carbocycles. The summed E-state index contributed by atoms with van der Waals surface area (Å²) in [6, 6.07) is 16.1. The van der Waals surface area contributed by atoms with Crippen molar-refractivity contribution in [2.45, 2.75) is 6.54 Å². The van der Waals surface area contributed by atoms with Crippen molar-refractivity contribution >= 4 is 23.2 Å². The molecule has 126 valence electrons. The summed E-state index contributed by atoms with van der Waals surface area (Å²) in [5, 5.41) is 2.89. The monoisotopic (exact) mass is 356 g/mol. The molecule has 0 spiro atoms. The van der Waals surface area contributed by atoms with Gasteiger partial charge in [-0.3, -0.25) is 9.59 Å². The summed E-state index contributed by atoms with van der Waals surface area (Å²) in [6.07, 6.45) is 1.49. The van der Waals surface area contributed by atoms with Gasteiger partial charge in [-0.15, -0.1) is 0 Å². The van der Waals surface area contributed by atoms with Gasteiger partial charge in [0, 0.05) is 22.5 Å². The Labute approximate surface area is 148 Å². The predicted molar refractivity (Wildman–Crippen MR) is 95.6 cm³/mol. The van der Waals surface area contributed by atoms with Crippen molar-refractivity contribution in [2.75, 3.05) is 5.32 Å². The van der Waals surface area contributed by atoms with Crippen LogP contribution in [-0.4, -0.2) is 10.5 Å². The van der Waals surface area contributed by atoms with Crippen LogP contribution >= 0.6 is 11.6 Å². The Bertz CT molecular complexity index is 950. The van der Waals surface area contributed by atoms with Crippen LogP contribution in [-0.2, 0) is 6.54 Å². The molecule has 6 heteroatoms. The van der Waals surface area contributed by atoms with Gasteiger partial charge in [0.2, 0.25) is 0 Å². The highest BCUT2D eigenvalue weighted by atomic mass is 35.5. The molecular formula is C19H14ClFN2O2. The number of carbonyl (C=O) groups is 1. The minimum Gasteiger partial charge on any atom is -0.322 e. The Morgan fingerprint density at radius 1 is 1.04 bits per heavy atom. The van der Waals surface area contributed by atoms with Crippen LogP contribution in [0.2, 0.25) is 5.02 Å². The van der Waals surface area contributed by atoms with Gasteiger partial charge in [0.15, 0.2) is 0 Å². The lowest BCUT2D eigenvalue weighted by molar-refractivity contribution is 0.102. The first-order valence-corrected chi connectivity index (χ1v) is 7.93. The third kappa shape index (κ3) is 3.78. The molecule has 25 heavy (non-hydrogen) atoms. The van der Waals surface area contributed by atoms with Crippen molar-refractivity contribution in [3.63, 3.8) is 0 Å². The fraction of sp³-hybridized carbons (Fsp3) is 0.0526. The van der Waals surface area contributed by atoms with Crippen molar-refractivity contribution in [1.82, 2.24) is 4.57 Å². The standard InChI is InChI=1S/C19H14ClFN2O2/c20-16-9-4-10-17(21)15(16)12-23-11-5-8-14(19(23)25)18(24)22-13-6-2-1-3-7-13/h1-11H,12H2,(H,22,24). The Balaban J connectivity index is 1.90. The third-order valence-electron chi connectivity index (χ3n) is 3.69. The van der Waals surface area contributed by atoms with Gasteiger partial charge in [-0.25, -0.2) is 4.39 Å². The maximum Gasteiger partial charge on any atom is 0.263 e. The van der Waals surface area contributed by atoms with Crippen LogP contribution in [0.3, 0.4) is 0 Å². The van der Waals surface area contributed by atoms with E-state index in [4.69, 9.17) is 11.6 Å². The Morgan fingerprint density at radius 3 is 2.52 bits per heavy atom. The first-order chi connectivity index (χ1) is 12.1. The normalized spacial score (nSPS) is 10.5. The smallest absolute Gasteiger partial charge is 0.263 e. The molecule has 1 aromatic heterocycles. The quantitative estimate of drug-likeness (QED) is 0.769. The lowest BCUT2D eigenvalue weighted by Gasteiger charge is -2.10. The summed E-state index contributed by atoms with van der Waals surface area (Å²) in [4.78, 5) is 24.9. The Kier molecular flexibility index (Phi) is 4.95. The number of pyridine rings is 1. The first-order valence-electron chi connectivity index (χ1n) is 7.55. The van der Waals surface area contributed by atoms with E-state index in [1.165, 1.54) is 29.0 Å². The number of halogens is 2. The maximum absolute atomic E-state index is 13.9. The van der Waals surface area contributed by atoms with Crippen molar-refractivity contribution in [3.8, 4) is 0 Å².